The minimum absolute atomic E-state index is 0.0641. The van der Waals surface area contributed by atoms with Gasteiger partial charge in [-0.3, -0.25) is 0 Å². The number of ether oxygens (including phenoxy) is 1. The van der Waals surface area contributed by atoms with Gasteiger partial charge in [0.2, 0.25) is 0 Å². The van der Waals surface area contributed by atoms with E-state index < -0.39 is 17.7 Å². The number of carbonyl (C=O) groups is 2. The molecule has 0 rings (SSSR count). The van der Waals surface area contributed by atoms with E-state index in [-0.39, 0.29) is 6.54 Å². The van der Waals surface area contributed by atoms with E-state index in [1.807, 2.05) is 5.32 Å². The first-order chi connectivity index (χ1) is 6.35. The Balaban J connectivity index is 3.85. The summed E-state index contributed by atoms with van der Waals surface area (Å²) in [4.78, 5) is 21.9. The number of hydrogen-bond acceptors (Lipinski definition) is 3. The zero-order valence-electron chi connectivity index (χ0n) is 8.51. The lowest BCUT2D eigenvalue weighted by Crippen LogP contribution is -2.42. The molecule has 0 aliphatic heterocycles. The van der Waals surface area contributed by atoms with Crippen LogP contribution in [0.1, 0.15) is 20.8 Å². The second-order valence-electron chi connectivity index (χ2n) is 3.51. The zero-order valence-corrected chi connectivity index (χ0v) is 8.51. The fourth-order valence-electron chi connectivity index (χ4n) is 0.572. The van der Waals surface area contributed by atoms with Crippen molar-refractivity contribution in [1.29, 1.82) is 0 Å². The van der Waals surface area contributed by atoms with Crippen LogP contribution in [0.15, 0.2) is 0 Å². The molecule has 0 aromatic rings. The maximum absolute atomic E-state index is 11.0. The summed E-state index contributed by atoms with van der Waals surface area (Å²) in [5.41, 5.74) is -0.628. The average molecular weight is 198 g/mol. The Labute approximate surface area is 83.2 Å². The van der Waals surface area contributed by atoms with Gasteiger partial charge in [0.15, 0.2) is 0 Å². The highest BCUT2D eigenvalue weighted by Gasteiger charge is 2.17. The van der Waals surface area contributed by atoms with Gasteiger partial charge < -0.3 is 10.1 Å². The average Bonchev–Trinajstić information content (AvgIpc) is 1.96. The highest BCUT2D eigenvalue weighted by atomic mass is 16.6. The first-order valence-electron chi connectivity index (χ1n) is 4.06. The molecule has 0 saturated carbocycles. The van der Waals surface area contributed by atoms with Gasteiger partial charge in [0.25, 0.3) is 0 Å². The zero-order chi connectivity index (χ0) is 11.2. The van der Waals surface area contributed by atoms with Crippen molar-refractivity contribution in [3.8, 4) is 12.3 Å². The van der Waals surface area contributed by atoms with Crippen LogP contribution in [0.5, 0.6) is 0 Å². The van der Waals surface area contributed by atoms with Gasteiger partial charge in [-0.2, -0.15) is 0 Å². The van der Waals surface area contributed by atoms with E-state index in [9.17, 15) is 9.59 Å². The Morgan fingerprint density at radius 1 is 1.43 bits per heavy atom. The first kappa shape index (κ1) is 12.3. The van der Waals surface area contributed by atoms with Crippen molar-refractivity contribution in [3.63, 3.8) is 0 Å². The third-order valence-electron chi connectivity index (χ3n) is 0.965. The molecule has 0 saturated heterocycles. The summed E-state index contributed by atoms with van der Waals surface area (Å²) in [6.07, 6.45) is 4.10. The molecule has 0 spiro atoms. The van der Waals surface area contributed by atoms with Crippen LogP contribution in [0.4, 0.5) is 9.59 Å². The standard InChI is InChI=1S/C9H14N2O3/c1-5-6-10-7(12)11-8(13)14-9(2,3)4/h1H,6H2,2-4H3,(H2,10,11,12,13). The van der Waals surface area contributed by atoms with Crippen molar-refractivity contribution in [1.82, 2.24) is 10.6 Å². The van der Waals surface area contributed by atoms with Crippen LogP contribution in [0.3, 0.4) is 0 Å². The predicted molar refractivity (Wildman–Crippen MR) is 51.6 cm³/mol. The molecule has 14 heavy (non-hydrogen) atoms. The van der Waals surface area contributed by atoms with Crippen LogP contribution in [0.2, 0.25) is 0 Å². The number of imide groups is 1. The highest BCUT2D eigenvalue weighted by Crippen LogP contribution is 2.05. The molecule has 0 aromatic carbocycles. The Morgan fingerprint density at radius 3 is 2.43 bits per heavy atom. The van der Waals surface area contributed by atoms with Gasteiger partial charge in [-0.15, -0.1) is 6.42 Å². The second-order valence-corrected chi connectivity index (χ2v) is 3.51. The molecule has 0 atom stereocenters. The van der Waals surface area contributed by atoms with Crippen LogP contribution in [0.25, 0.3) is 0 Å². The molecular weight excluding hydrogens is 184 g/mol. The molecule has 3 amide bonds. The fraction of sp³-hybridized carbons (Fsp3) is 0.556. The second kappa shape index (κ2) is 5.12. The lowest BCUT2D eigenvalue weighted by atomic mass is 10.2. The SMILES string of the molecule is C#CCNC(=O)NC(=O)OC(C)(C)C. The molecule has 5 heteroatoms. The van der Waals surface area contributed by atoms with Crippen molar-refractivity contribution < 1.29 is 14.3 Å². The van der Waals surface area contributed by atoms with Crippen LogP contribution in [-0.4, -0.2) is 24.3 Å². The van der Waals surface area contributed by atoms with Crippen molar-refractivity contribution in [2.24, 2.45) is 0 Å². The molecule has 0 aromatic heterocycles. The number of alkyl carbamates (subject to hydrolysis) is 1. The van der Waals surface area contributed by atoms with Gasteiger partial charge in [-0.25, -0.2) is 14.9 Å². The molecule has 0 radical (unpaired) electrons. The summed E-state index contributed by atoms with van der Waals surface area (Å²) in [5.74, 6) is 2.20. The summed E-state index contributed by atoms with van der Waals surface area (Å²) in [7, 11) is 0. The Bertz CT molecular complexity index is 260. The smallest absolute Gasteiger partial charge is 0.415 e. The molecule has 0 unspecified atom stereocenters. The summed E-state index contributed by atoms with van der Waals surface area (Å²) >= 11 is 0. The van der Waals surface area contributed by atoms with E-state index in [0.717, 1.165) is 0 Å². The van der Waals surface area contributed by atoms with Gasteiger partial charge in [-0.1, -0.05) is 5.92 Å². The first-order valence-corrected chi connectivity index (χ1v) is 4.06. The topological polar surface area (TPSA) is 67.4 Å². The van der Waals surface area contributed by atoms with Crippen LogP contribution in [-0.2, 0) is 4.74 Å². The van der Waals surface area contributed by atoms with Crippen molar-refractivity contribution in [2.45, 2.75) is 26.4 Å². The van der Waals surface area contributed by atoms with Crippen LogP contribution < -0.4 is 10.6 Å². The van der Waals surface area contributed by atoms with E-state index in [0.29, 0.717) is 0 Å². The van der Waals surface area contributed by atoms with E-state index >= 15 is 0 Å². The Kier molecular flexibility index (Phi) is 4.50. The normalized spacial score (nSPS) is 9.86. The quantitative estimate of drug-likeness (QED) is 0.614. The van der Waals surface area contributed by atoms with E-state index in [2.05, 4.69) is 11.2 Å². The van der Waals surface area contributed by atoms with E-state index in [1.165, 1.54) is 0 Å². The number of nitrogens with one attached hydrogen (secondary N) is 2. The lowest BCUT2D eigenvalue weighted by Gasteiger charge is -2.19. The third-order valence-corrected chi connectivity index (χ3v) is 0.965. The third kappa shape index (κ3) is 6.98. The van der Waals surface area contributed by atoms with E-state index in [4.69, 9.17) is 11.2 Å². The van der Waals surface area contributed by atoms with Crippen molar-refractivity contribution in [3.05, 3.63) is 0 Å². The maximum Gasteiger partial charge on any atom is 0.415 e. The molecular formula is C9H14N2O3. The number of terminal acetylenes is 1. The van der Waals surface area contributed by atoms with Gasteiger partial charge in [0.1, 0.15) is 5.60 Å². The molecule has 5 nitrogen and oxygen atoms in total. The molecule has 0 aliphatic rings. The number of rotatable bonds is 1. The number of hydrogen-bond donors (Lipinski definition) is 2. The Morgan fingerprint density at radius 2 is 2.00 bits per heavy atom. The molecule has 78 valence electrons. The monoisotopic (exact) mass is 198 g/mol. The highest BCUT2D eigenvalue weighted by molar-refractivity contribution is 5.90. The number of urea groups is 1. The maximum atomic E-state index is 11.0. The molecule has 0 heterocycles. The molecule has 0 aliphatic carbocycles. The minimum atomic E-state index is -0.799. The van der Waals surface area contributed by atoms with Gasteiger partial charge in [0.05, 0.1) is 6.54 Å². The summed E-state index contributed by atoms with van der Waals surface area (Å²) in [6, 6.07) is -0.669. The molecule has 2 N–H and O–H groups in total. The van der Waals surface area contributed by atoms with Crippen LogP contribution >= 0.6 is 0 Å². The molecule has 0 bridgehead atoms. The number of carbonyl (C=O) groups excluding carboxylic acids is 2. The minimum Gasteiger partial charge on any atom is -0.443 e. The van der Waals surface area contributed by atoms with Crippen molar-refractivity contribution in [2.75, 3.05) is 6.54 Å². The van der Waals surface area contributed by atoms with Gasteiger partial charge in [-0.05, 0) is 20.8 Å². The largest absolute Gasteiger partial charge is 0.443 e. The van der Waals surface area contributed by atoms with Crippen LogP contribution in [0, 0.1) is 12.3 Å². The summed E-state index contributed by atoms with van der Waals surface area (Å²) in [6.45, 7) is 5.17. The number of amides is 3. The fourth-order valence-corrected chi connectivity index (χ4v) is 0.572. The Hall–Kier alpha value is -1.70. The van der Waals surface area contributed by atoms with E-state index in [1.54, 1.807) is 20.8 Å². The summed E-state index contributed by atoms with van der Waals surface area (Å²) in [5, 5.41) is 4.23. The van der Waals surface area contributed by atoms with Gasteiger partial charge in [0, 0.05) is 0 Å². The summed E-state index contributed by atoms with van der Waals surface area (Å²) < 4.78 is 4.83. The predicted octanol–water partition coefficient (Wildman–Crippen LogP) is 0.854. The van der Waals surface area contributed by atoms with Gasteiger partial charge >= 0.3 is 12.1 Å². The lowest BCUT2D eigenvalue weighted by molar-refractivity contribution is 0.0547. The van der Waals surface area contributed by atoms with Crippen molar-refractivity contribution >= 4 is 12.1 Å². The molecule has 0 fully saturated rings.